The van der Waals surface area contributed by atoms with Gasteiger partial charge in [-0.25, -0.2) is 4.79 Å². The molecule has 4 aromatic rings. The second-order valence-electron chi connectivity index (χ2n) is 15.7. The van der Waals surface area contributed by atoms with Crippen LogP contribution in [0.4, 0.5) is 23.8 Å². The molecule has 0 radical (unpaired) electrons. The van der Waals surface area contributed by atoms with E-state index in [0.29, 0.717) is 90.9 Å². The number of fused-ring (bicyclic) bond motifs is 2. The standard InChI is InChI=1S/C39H46F3N7O5/c1-7-25-18-27-32(33(52-22-39(40,41)42)31(25)30-23(2)8-9-29-28(30)19-43-46-29)44-35(53-26-10-14-47(15-11-26)24(3)50)45-34(27)48-16-12-38(13-17-48)20-49(21-38)36(51)54-37(4,5)6/h7-9,18-19,26H,1,10-17,20-22H2,2-6H3,(H,43,46). The van der Waals surface area contributed by atoms with Gasteiger partial charge in [-0.3, -0.25) is 9.89 Å². The fraction of sp³-hybridized carbons (Fsp3) is 0.513. The van der Waals surface area contributed by atoms with Gasteiger partial charge in [0.1, 0.15) is 23.0 Å². The second-order valence-corrected chi connectivity index (χ2v) is 15.7. The normalized spacial score (nSPS) is 17.9. The number of anilines is 1. The summed E-state index contributed by atoms with van der Waals surface area (Å²) in [5.74, 6) is 0.442. The maximum Gasteiger partial charge on any atom is 0.422 e. The number of carbonyl (C=O) groups excluding carboxylic acids is 2. The lowest BCUT2D eigenvalue weighted by Crippen LogP contribution is -2.62. The zero-order valence-corrected chi connectivity index (χ0v) is 31.3. The van der Waals surface area contributed by atoms with Crippen molar-refractivity contribution in [1.82, 2.24) is 30.0 Å². The van der Waals surface area contributed by atoms with Crippen LogP contribution in [0.25, 0.3) is 39.0 Å². The Hall–Kier alpha value is -5.08. The summed E-state index contributed by atoms with van der Waals surface area (Å²) in [6.07, 6.45) is 0.617. The molecule has 288 valence electrons. The fourth-order valence-corrected chi connectivity index (χ4v) is 7.85. The zero-order chi connectivity index (χ0) is 38.6. The maximum absolute atomic E-state index is 14.0. The molecule has 2 aromatic heterocycles. The number of aromatic nitrogens is 4. The Balaban J connectivity index is 1.31. The van der Waals surface area contributed by atoms with E-state index in [0.717, 1.165) is 18.4 Å². The number of halogens is 3. The average molecular weight is 750 g/mol. The van der Waals surface area contributed by atoms with Crippen molar-refractivity contribution >= 4 is 45.7 Å². The Morgan fingerprint density at radius 2 is 1.72 bits per heavy atom. The summed E-state index contributed by atoms with van der Waals surface area (Å²) in [7, 11) is 0. The summed E-state index contributed by atoms with van der Waals surface area (Å²) in [4.78, 5) is 40.0. The third kappa shape index (κ3) is 7.49. The first-order chi connectivity index (χ1) is 25.5. The summed E-state index contributed by atoms with van der Waals surface area (Å²) in [5, 5.41) is 8.37. The fourth-order valence-electron chi connectivity index (χ4n) is 7.85. The van der Waals surface area contributed by atoms with Crippen LogP contribution in [0.1, 0.15) is 64.5 Å². The van der Waals surface area contributed by atoms with E-state index in [9.17, 15) is 22.8 Å². The number of aromatic amines is 1. The number of benzene rings is 2. The summed E-state index contributed by atoms with van der Waals surface area (Å²) < 4.78 is 59.7. The molecule has 7 rings (SSSR count). The minimum atomic E-state index is -4.64. The minimum Gasteiger partial charge on any atom is -0.481 e. The maximum atomic E-state index is 14.0. The molecule has 2 aromatic carbocycles. The largest absolute Gasteiger partial charge is 0.481 e. The van der Waals surface area contributed by atoms with Gasteiger partial charge in [0.05, 0.1) is 11.7 Å². The number of aryl methyl sites for hydroxylation is 1. The molecule has 0 unspecified atom stereocenters. The van der Waals surface area contributed by atoms with Crippen molar-refractivity contribution < 1.29 is 37.0 Å². The van der Waals surface area contributed by atoms with Crippen LogP contribution < -0.4 is 14.4 Å². The van der Waals surface area contributed by atoms with Gasteiger partial charge in [-0.05, 0) is 69.4 Å². The van der Waals surface area contributed by atoms with E-state index in [1.807, 2.05) is 45.9 Å². The van der Waals surface area contributed by atoms with Crippen LogP contribution in [-0.2, 0) is 9.53 Å². The smallest absolute Gasteiger partial charge is 0.422 e. The average Bonchev–Trinajstić information content (AvgIpc) is 3.57. The number of H-pyrrole nitrogens is 1. The molecular weight excluding hydrogens is 703 g/mol. The molecule has 2 amide bonds. The first-order valence-corrected chi connectivity index (χ1v) is 18.3. The highest BCUT2D eigenvalue weighted by Crippen LogP contribution is 2.48. The molecule has 3 fully saturated rings. The Morgan fingerprint density at radius 1 is 1.02 bits per heavy atom. The first-order valence-electron chi connectivity index (χ1n) is 18.3. The van der Waals surface area contributed by atoms with E-state index >= 15 is 0 Å². The number of hydrogen-bond acceptors (Lipinski definition) is 9. The van der Waals surface area contributed by atoms with E-state index in [-0.39, 0.29) is 40.8 Å². The van der Waals surface area contributed by atoms with Crippen LogP contribution >= 0.6 is 0 Å². The highest BCUT2D eigenvalue weighted by Gasteiger charge is 2.48. The number of nitrogens with zero attached hydrogens (tertiary/aromatic N) is 6. The molecule has 3 aliphatic rings. The molecule has 3 aliphatic heterocycles. The summed E-state index contributed by atoms with van der Waals surface area (Å²) >= 11 is 0. The summed E-state index contributed by atoms with van der Waals surface area (Å²) in [5.41, 5.74) is 2.64. The van der Waals surface area contributed by atoms with E-state index < -0.39 is 18.4 Å². The van der Waals surface area contributed by atoms with Gasteiger partial charge in [-0.2, -0.15) is 28.2 Å². The number of alkyl halides is 3. The first kappa shape index (κ1) is 37.2. The monoisotopic (exact) mass is 749 g/mol. The zero-order valence-electron chi connectivity index (χ0n) is 31.3. The Labute approximate surface area is 311 Å². The van der Waals surface area contributed by atoms with Crippen LogP contribution in [0.3, 0.4) is 0 Å². The number of rotatable bonds is 7. The van der Waals surface area contributed by atoms with Gasteiger partial charge < -0.3 is 28.9 Å². The number of nitrogens with one attached hydrogen (secondary N) is 1. The number of amides is 2. The topological polar surface area (TPSA) is 126 Å². The summed E-state index contributed by atoms with van der Waals surface area (Å²) in [6.45, 7) is 14.8. The van der Waals surface area contributed by atoms with Crippen LogP contribution in [0.5, 0.6) is 11.8 Å². The Kier molecular flexibility index (Phi) is 9.63. The molecule has 5 heterocycles. The quantitative estimate of drug-likeness (QED) is 0.207. The van der Waals surface area contributed by atoms with Crippen LogP contribution in [0.15, 0.2) is 31.0 Å². The number of ether oxygens (including phenoxy) is 3. The molecule has 0 bridgehead atoms. The summed E-state index contributed by atoms with van der Waals surface area (Å²) in [6, 6.07) is 5.63. The molecule has 54 heavy (non-hydrogen) atoms. The van der Waals surface area contributed by atoms with Crippen molar-refractivity contribution in [2.75, 3.05) is 50.8 Å². The lowest BCUT2D eigenvalue weighted by atomic mass is 9.72. The molecule has 0 aliphatic carbocycles. The van der Waals surface area contributed by atoms with E-state index in [1.165, 1.54) is 6.92 Å². The number of carbonyl (C=O) groups is 2. The molecule has 12 nitrogen and oxygen atoms in total. The SMILES string of the molecule is C=Cc1cc2c(N3CCC4(CC3)CN(C(=O)OC(C)(C)C)C4)nc(OC3CCN(C(C)=O)CC3)nc2c(OCC(F)(F)F)c1-c1c(C)ccc2[nH]ncc12. The third-order valence-electron chi connectivity index (χ3n) is 10.6. The minimum absolute atomic E-state index is 0.0128. The molecule has 1 spiro atoms. The molecule has 0 atom stereocenters. The molecule has 3 saturated heterocycles. The van der Waals surface area contributed by atoms with E-state index in [4.69, 9.17) is 24.2 Å². The van der Waals surface area contributed by atoms with Crippen molar-refractivity contribution in [2.24, 2.45) is 5.41 Å². The van der Waals surface area contributed by atoms with Crippen LogP contribution in [0.2, 0.25) is 0 Å². The highest BCUT2D eigenvalue weighted by molar-refractivity contribution is 6.07. The number of hydrogen-bond donors (Lipinski definition) is 1. The van der Waals surface area contributed by atoms with Crippen molar-refractivity contribution in [3.8, 4) is 22.9 Å². The van der Waals surface area contributed by atoms with Gasteiger partial charge in [0.15, 0.2) is 12.4 Å². The lowest BCUT2D eigenvalue weighted by molar-refractivity contribution is -0.153. The van der Waals surface area contributed by atoms with Gasteiger partial charge in [-0.1, -0.05) is 18.7 Å². The van der Waals surface area contributed by atoms with Gasteiger partial charge in [0.25, 0.3) is 0 Å². The second kappa shape index (κ2) is 14.0. The van der Waals surface area contributed by atoms with Crippen molar-refractivity contribution in [1.29, 1.82) is 0 Å². The Morgan fingerprint density at radius 3 is 2.35 bits per heavy atom. The number of likely N-dealkylation sites (tertiary alicyclic amines) is 2. The van der Waals surface area contributed by atoms with Gasteiger partial charge in [0.2, 0.25) is 5.91 Å². The number of piperidine rings is 2. The molecule has 0 saturated carbocycles. The van der Waals surface area contributed by atoms with E-state index in [1.54, 1.807) is 22.1 Å². The molecule has 15 heteroatoms. The Bertz CT molecular complexity index is 2090. The molecular formula is C39H46F3N7O5. The predicted molar refractivity (Wildman–Crippen MR) is 199 cm³/mol. The van der Waals surface area contributed by atoms with Gasteiger partial charge in [0, 0.05) is 80.8 Å². The van der Waals surface area contributed by atoms with Crippen LogP contribution in [0, 0.1) is 12.3 Å². The molecule has 1 N–H and O–H groups in total. The predicted octanol–water partition coefficient (Wildman–Crippen LogP) is 7.29. The van der Waals surface area contributed by atoms with E-state index in [2.05, 4.69) is 21.7 Å². The van der Waals surface area contributed by atoms with Gasteiger partial charge >= 0.3 is 18.3 Å². The van der Waals surface area contributed by atoms with Gasteiger partial charge in [-0.15, -0.1) is 0 Å². The van der Waals surface area contributed by atoms with Crippen molar-refractivity contribution in [3.05, 3.63) is 42.1 Å². The lowest BCUT2D eigenvalue weighted by Gasteiger charge is -2.53. The highest BCUT2D eigenvalue weighted by atomic mass is 19.4. The van der Waals surface area contributed by atoms with Crippen molar-refractivity contribution in [3.63, 3.8) is 0 Å². The third-order valence-corrected chi connectivity index (χ3v) is 10.6. The van der Waals surface area contributed by atoms with Crippen molar-refractivity contribution in [2.45, 2.75) is 78.2 Å². The van der Waals surface area contributed by atoms with Crippen LogP contribution in [-0.4, -0.2) is 106 Å².